The van der Waals surface area contributed by atoms with Gasteiger partial charge in [-0.05, 0) is 36.5 Å². The molecule has 30 heavy (non-hydrogen) atoms. The lowest BCUT2D eigenvalue weighted by atomic mass is 9.83. The number of benzene rings is 1. The summed E-state index contributed by atoms with van der Waals surface area (Å²) in [4.78, 5) is 19.0. The van der Waals surface area contributed by atoms with Gasteiger partial charge in [-0.3, -0.25) is 4.79 Å². The van der Waals surface area contributed by atoms with E-state index in [1.807, 2.05) is 6.07 Å². The lowest BCUT2D eigenvalue weighted by Gasteiger charge is -2.34. The predicted octanol–water partition coefficient (Wildman–Crippen LogP) is 2.89. The largest absolute Gasteiger partial charge is 0.476 e. The van der Waals surface area contributed by atoms with Crippen LogP contribution < -0.4 is 14.8 Å². The van der Waals surface area contributed by atoms with Crippen LogP contribution in [-0.2, 0) is 16.1 Å². The quantitative estimate of drug-likeness (QED) is 0.577. The van der Waals surface area contributed by atoms with Gasteiger partial charge in [0.15, 0.2) is 5.02 Å². The minimum absolute atomic E-state index is 0.0562. The number of nitrogens with one attached hydrogen (secondary N) is 1. The fourth-order valence-corrected chi connectivity index (χ4v) is 3.23. The Hall–Kier alpha value is -2.89. The van der Waals surface area contributed by atoms with Gasteiger partial charge < -0.3 is 19.5 Å². The van der Waals surface area contributed by atoms with E-state index in [0.717, 1.165) is 18.4 Å². The molecule has 0 saturated heterocycles. The molecule has 1 fully saturated rings. The van der Waals surface area contributed by atoms with Gasteiger partial charge in [0.1, 0.15) is 12.9 Å². The first-order valence-electron chi connectivity index (χ1n) is 9.66. The zero-order valence-electron chi connectivity index (χ0n) is 16.6. The minimum atomic E-state index is -0.0562. The normalized spacial score (nSPS) is 17.5. The Morgan fingerprint density at radius 1 is 1.30 bits per heavy atom. The SMILES string of the molecule is CC(=O)NCCOC1CC(COc2ncnc(OCc3cccc(C#N)c3)c2Cl)C1. The van der Waals surface area contributed by atoms with E-state index in [1.54, 1.807) is 18.2 Å². The van der Waals surface area contributed by atoms with Gasteiger partial charge in [0, 0.05) is 13.5 Å². The Bertz CT molecular complexity index is 912. The predicted molar refractivity (Wildman–Crippen MR) is 109 cm³/mol. The molecule has 0 atom stereocenters. The van der Waals surface area contributed by atoms with E-state index in [-0.39, 0.29) is 35.4 Å². The fourth-order valence-electron chi connectivity index (χ4n) is 3.02. The summed E-state index contributed by atoms with van der Waals surface area (Å²) in [5.41, 5.74) is 1.40. The maximum Gasteiger partial charge on any atom is 0.240 e. The van der Waals surface area contributed by atoms with Crippen LogP contribution in [0.4, 0.5) is 0 Å². The first kappa shape index (κ1) is 21.8. The second kappa shape index (κ2) is 10.8. The van der Waals surface area contributed by atoms with Gasteiger partial charge in [-0.15, -0.1) is 0 Å². The summed E-state index contributed by atoms with van der Waals surface area (Å²) in [6.45, 7) is 3.22. The van der Waals surface area contributed by atoms with Gasteiger partial charge in [0.05, 0.1) is 31.0 Å². The number of carbonyl (C=O) groups is 1. The molecule has 0 radical (unpaired) electrons. The van der Waals surface area contributed by atoms with Crippen molar-refractivity contribution in [1.82, 2.24) is 15.3 Å². The summed E-state index contributed by atoms with van der Waals surface area (Å²) in [5.74, 6) is 0.818. The van der Waals surface area contributed by atoms with Crippen molar-refractivity contribution in [1.29, 1.82) is 5.26 Å². The number of amides is 1. The third kappa shape index (κ3) is 6.31. The molecule has 1 aliphatic carbocycles. The molecular weight excluding hydrogens is 408 g/mol. The lowest BCUT2D eigenvalue weighted by molar-refractivity contribution is -0.119. The van der Waals surface area contributed by atoms with Crippen molar-refractivity contribution in [3.05, 3.63) is 46.7 Å². The van der Waals surface area contributed by atoms with Crippen molar-refractivity contribution in [2.45, 2.75) is 32.5 Å². The monoisotopic (exact) mass is 430 g/mol. The Balaban J connectivity index is 1.42. The van der Waals surface area contributed by atoms with E-state index in [4.69, 9.17) is 31.1 Å². The first-order valence-corrected chi connectivity index (χ1v) is 10.0. The molecule has 8 nitrogen and oxygen atoms in total. The van der Waals surface area contributed by atoms with Crippen LogP contribution in [0, 0.1) is 17.2 Å². The Labute approximate surface area is 180 Å². The molecule has 0 unspecified atom stereocenters. The summed E-state index contributed by atoms with van der Waals surface area (Å²) in [5, 5.41) is 11.9. The zero-order chi connectivity index (χ0) is 21.3. The Kier molecular flexibility index (Phi) is 7.82. The second-order valence-electron chi connectivity index (χ2n) is 7.02. The molecule has 1 N–H and O–H groups in total. The highest BCUT2D eigenvalue weighted by atomic mass is 35.5. The van der Waals surface area contributed by atoms with Gasteiger partial charge in [0.25, 0.3) is 0 Å². The van der Waals surface area contributed by atoms with Crippen LogP contribution in [0.3, 0.4) is 0 Å². The van der Waals surface area contributed by atoms with Crippen LogP contribution in [0.1, 0.15) is 30.9 Å². The van der Waals surface area contributed by atoms with E-state index in [0.29, 0.717) is 31.2 Å². The number of ether oxygens (including phenoxy) is 3. The highest BCUT2D eigenvalue weighted by Gasteiger charge is 2.30. The summed E-state index contributed by atoms with van der Waals surface area (Å²) in [6, 6.07) is 9.22. The lowest BCUT2D eigenvalue weighted by Crippen LogP contribution is -2.37. The highest BCUT2D eigenvalue weighted by molar-refractivity contribution is 6.33. The van der Waals surface area contributed by atoms with Crippen molar-refractivity contribution in [2.24, 2.45) is 5.92 Å². The third-order valence-electron chi connectivity index (χ3n) is 4.63. The van der Waals surface area contributed by atoms with Crippen LogP contribution in [0.2, 0.25) is 5.02 Å². The Morgan fingerprint density at radius 2 is 2.07 bits per heavy atom. The number of hydrogen-bond donors (Lipinski definition) is 1. The molecule has 1 aromatic heterocycles. The molecule has 0 bridgehead atoms. The molecule has 0 spiro atoms. The fraction of sp³-hybridized carbons (Fsp3) is 0.429. The van der Waals surface area contributed by atoms with Gasteiger partial charge in [-0.2, -0.15) is 5.26 Å². The molecule has 158 valence electrons. The van der Waals surface area contributed by atoms with Gasteiger partial charge >= 0.3 is 0 Å². The van der Waals surface area contributed by atoms with Crippen LogP contribution >= 0.6 is 11.6 Å². The number of aromatic nitrogens is 2. The van der Waals surface area contributed by atoms with Gasteiger partial charge in [0.2, 0.25) is 17.7 Å². The van der Waals surface area contributed by atoms with E-state index in [2.05, 4.69) is 21.4 Å². The number of nitrogens with zero attached hydrogens (tertiary/aromatic N) is 3. The highest BCUT2D eigenvalue weighted by Crippen LogP contribution is 2.34. The maximum absolute atomic E-state index is 10.8. The van der Waals surface area contributed by atoms with E-state index < -0.39 is 0 Å². The van der Waals surface area contributed by atoms with Crippen LogP contribution in [0.25, 0.3) is 0 Å². The summed E-state index contributed by atoms with van der Waals surface area (Å²) >= 11 is 6.33. The number of halogens is 1. The third-order valence-corrected chi connectivity index (χ3v) is 4.96. The van der Waals surface area contributed by atoms with Crippen molar-refractivity contribution in [2.75, 3.05) is 19.8 Å². The minimum Gasteiger partial charge on any atom is -0.476 e. The second-order valence-corrected chi connectivity index (χ2v) is 7.40. The average Bonchev–Trinajstić information content (AvgIpc) is 2.71. The number of nitriles is 1. The number of carbonyl (C=O) groups excluding carboxylic acids is 1. The van der Waals surface area contributed by atoms with Crippen LogP contribution in [0.5, 0.6) is 11.8 Å². The molecule has 1 saturated carbocycles. The number of hydrogen-bond acceptors (Lipinski definition) is 7. The average molecular weight is 431 g/mol. The Morgan fingerprint density at radius 3 is 2.80 bits per heavy atom. The zero-order valence-corrected chi connectivity index (χ0v) is 17.4. The van der Waals surface area contributed by atoms with Crippen molar-refractivity contribution < 1.29 is 19.0 Å². The van der Waals surface area contributed by atoms with E-state index >= 15 is 0 Å². The molecule has 1 amide bonds. The van der Waals surface area contributed by atoms with Gasteiger partial charge in [-0.25, -0.2) is 9.97 Å². The smallest absolute Gasteiger partial charge is 0.240 e. The molecular formula is C21H23ClN4O4. The molecule has 0 aliphatic heterocycles. The topological polar surface area (TPSA) is 106 Å². The molecule has 1 aliphatic rings. The van der Waals surface area contributed by atoms with Crippen molar-refractivity contribution in [3.8, 4) is 17.8 Å². The van der Waals surface area contributed by atoms with Crippen LogP contribution in [-0.4, -0.2) is 41.7 Å². The standard InChI is InChI=1S/C21H23ClN4O4/c1-14(27)24-5-6-28-18-8-17(9-18)12-30-21-19(22)20(25-13-26-21)29-11-16-4-2-3-15(7-16)10-23/h2-4,7,13,17-18H,5-6,8-9,11-12H2,1H3,(H,24,27). The van der Waals surface area contributed by atoms with Crippen molar-refractivity contribution in [3.63, 3.8) is 0 Å². The van der Waals surface area contributed by atoms with E-state index in [9.17, 15) is 4.79 Å². The summed E-state index contributed by atoms with van der Waals surface area (Å²) in [6.07, 6.45) is 3.32. The first-order chi connectivity index (χ1) is 14.5. The maximum atomic E-state index is 10.8. The molecule has 1 aromatic carbocycles. The van der Waals surface area contributed by atoms with E-state index in [1.165, 1.54) is 13.3 Å². The molecule has 9 heteroatoms. The molecule has 2 aromatic rings. The summed E-state index contributed by atoms with van der Waals surface area (Å²) in [7, 11) is 0. The molecule has 3 rings (SSSR count). The van der Waals surface area contributed by atoms with Crippen molar-refractivity contribution >= 4 is 17.5 Å². The van der Waals surface area contributed by atoms with Gasteiger partial charge in [-0.1, -0.05) is 23.7 Å². The van der Waals surface area contributed by atoms with Crippen LogP contribution in [0.15, 0.2) is 30.6 Å². The molecule has 1 heterocycles. The number of rotatable bonds is 10. The summed E-state index contributed by atoms with van der Waals surface area (Å²) < 4.78 is 17.1.